The first kappa shape index (κ1) is 19.4. The number of rotatable bonds is 5. The van der Waals surface area contributed by atoms with Crippen LogP contribution in [0, 0.1) is 5.41 Å². The van der Waals surface area contributed by atoms with Crippen molar-refractivity contribution in [2.45, 2.75) is 63.5 Å². The number of ether oxygens (including phenoxy) is 1. The zero-order valence-corrected chi connectivity index (χ0v) is 16.7. The molecule has 6 heteroatoms. The number of alkyl halides is 1. The van der Waals surface area contributed by atoms with Crippen molar-refractivity contribution in [3.63, 3.8) is 0 Å². The molecule has 1 aromatic carbocycles. The van der Waals surface area contributed by atoms with Crippen LogP contribution in [0.25, 0.3) is 0 Å². The largest absolute Gasteiger partial charge is 0.381 e. The number of urea groups is 1. The number of aryl methyl sites for hydroxylation is 1. The van der Waals surface area contributed by atoms with Crippen LogP contribution in [0.2, 0.25) is 0 Å². The van der Waals surface area contributed by atoms with E-state index in [4.69, 9.17) is 4.74 Å². The molecule has 0 aromatic heterocycles. The Morgan fingerprint density at radius 3 is 2.68 bits per heavy atom. The maximum Gasteiger partial charge on any atom is 0.325 e. The molecule has 1 atom stereocenters. The van der Waals surface area contributed by atoms with Gasteiger partial charge < -0.3 is 10.1 Å². The van der Waals surface area contributed by atoms with E-state index >= 15 is 0 Å². The average molecular weight is 388 g/mol. The average Bonchev–Trinajstić information content (AvgIpc) is 3.10. The molecular weight excluding hydrogens is 359 g/mol. The molecular formula is C22H29FN2O3. The SMILES string of the molecule is CCCc1ccc2c(c1)C1(NC(=O)N(CCF)C1=O)C1(CCC(OC)CC1)C2. The van der Waals surface area contributed by atoms with Crippen LogP contribution in [0.15, 0.2) is 18.2 Å². The van der Waals surface area contributed by atoms with E-state index < -0.39 is 18.2 Å². The summed E-state index contributed by atoms with van der Waals surface area (Å²) in [6.07, 6.45) is 6.23. The minimum absolute atomic E-state index is 0.187. The molecule has 1 aromatic rings. The number of hydrogen-bond acceptors (Lipinski definition) is 3. The van der Waals surface area contributed by atoms with E-state index in [0.717, 1.165) is 61.0 Å². The normalized spacial score (nSPS) is 31.7. The number of fused-ring (bicyclic) bond motifs is 3. The third-order valence-electron chi connectivity index (χ3n) is 7.08. The lowest BCUT2D eigenvalue weighted by molar-refractivity contribution is -0.138. The number of methoxy groups -OCH3 is 1. The smallest absolute Gasteiger partial charge is 0.325 e. The lowest BCUT2D eigenvalue weighted by atomic mass is 9.61. The summed E-state index contributed by atoms with van der Waals surface area (Å²) in [7, 11) is 1.73. The third-order valence-corrected chi connectivity index (χ3v) is 7.08. The molecule has 1 N–H and O–H groups in total. The Labute approximate surface area is 165 Å². The van der Waals surface area contributed by atoms with Gasteiger partial charge in [-0.15, -0.1) is 0 Å². The van der Waals surface area contributed by atoms with Crippen molar-refractivity contribution in [1.82, 2.24) is 10.2 Å². The fraction of sp³-hybridized carbons (Fsp3) is 0.636. The Balaban J connectivity index is 1.83. The highest BCUT2D eigenvalue weighted by molar-refractivity contribution is 6.08. The quantitative estimate of drug-likeness (QED) is 0.786. The Morgan fingerprint density at radius 2 is 2.04 bits per heavy atom. The van der Waals surface area contributed by atoms with Gasteiger partial charge in [0, 0.05) is 12.5 Å². The van der Waals surface area contributed by atoms with Gasteiger partial charge in [-0.2, -0.15) is 0 Å². The van der Waals surface area contributed by atoms with Gasteiger partial charge >= 0.3 is 6.03 Å². The van der Waals surface area contributed by atoms with E-state index in [9.17, 15) is 14.0 Å². The maximum absolute atomic E-state index is 13.6. The minimum atomic E-state index is -1.07. The number of halogens is 1. The summed E-state index contributed by atoms with van der Waals surface area (Å²) in [6.45, 7) is 1.21. The number of nitrogens with zero attached hydrogens (tertiary/aromatic N) is 1. The third kappa shape index (κ3) is 2.60. The Bertz CT molecular complexity index is 788. The number of amides is 3. The lowest BCUT2D eigenvalue weighted by Crippen LogP contribution is -2.56. The predicted molar refractivity (Wildman–Crippen MR) is 104 cm³/mol. The maximum atomic E-state index is 13.6. The molecule has 3 aliphatic rings. The lowest BCUT2D eigenvalue weighted by Gasteiger charge is -2.46. The van der Waals surface area contributed by atoms with Gasteiger partial charge in [-0.1, -0.05) is 31.5 Å². The molecule has 1 saturated carbocycles. The molecule has 1 unspecified atom stereocenters. The highest BCUT2D eigenvalue weighted by atomic mass is 19.1. The highest BCUT2D eigenvalue weighted by Gasteiger charge is 2.67. The van der Waals surface area contributed by atoms with Crippen molar-refractivity contribution in [3.05, 3.63) is 34.9 Å². The second-order valence-corrected chi connectivity index (χ2v) is 8.46. The molecule has 0 bridgehead atoms. The van der Waals surface area contributed by atoms with Gasteiger partial charge in [-0.05, 0) is 55.2 Å². The molecule has 2 aliphatic carbocycles. The van der Waals surface area contributed by atoms with E-state index in [-0.39, 0.29) is 24.0 Å². The number of nitrogens with one attached hydrogen (secondary N) is 1. The molecule has 1 heterocycles. The second-order valence-electron chi connectivity index (χ2n) is 8.46. The van der Waals surface area contributed by atoms with Gasteiger partial charge in [-0.25, -0.2) is 9.18 Å². The van der Waals surface area contributed by atoms with Crippen LogP contribution < -0.4 is 5.32 Å². The van der Waals surface area contributed by atoms with Crippen molar-refractivity contribution < 1.29 is 18.7 Å². The van der Waals surface area contributed by atoms with Crippen molar-refractivity contribution in [2.75, 3.05) is 20.3 Å². The van der Waals surface area contributed by atoms with Crippen LogP contribution in [-0.2, 0) is 27.9 Å². The van der Waals surface area contributed by atoms with Crippen LogP contribution in [-0.4, -0.2) is 43.3 Å². The van der Waals surface area contributed by atoms with Crippen LogP contribution in [0.4, 0.5) is 9.18 Å². The molecule has 152 valence electrons. The summed E-state index contributed by atoms with van der Waals surface area (Å²) in [5.74, 6) is -0.279. The van der Waals surface area contributed by atoms with Gasteiger partial charge in [0.25, 0.3) is 5.91 Å². The number of benzene rings is 1. The van der Waals surface area contributed by atoms with E-state index in [1.807, 2.05) is 0 Å². The molecule has 1 aliphatic heterocycles. The topological polar surface area (TPSA) is 58.6 Å². The Kier molecular flexibility index (Phi) is 4.94. The van der Waals surface area contributed by atoms with Crippen LogP contribution in [0.3, 0.4) is 0 Å². The van der Waals surface area contributed by atoms with Gasteiger partial charge in [-0.3, -0.25) is 9.69 Å². The summed E-state index contributed by atoms with van der Waals surface area (Å²) >= 11 is 0. The van der Waals surface area contributed by atoms with Crippen molar-refractivity contribution in [3.8, 4) is 0 Å². The fourth-order valence-electron chi connectivity index (χ4n) is 5.69. The van der Waals surface area contributed by atoms with Crippen LogP contribution >= 0.6 is 0 Å². The molecule has 1 saturated heterocycles. The van der Waals surface area contributed by atoms with Crippen molar-refractivity contribution in [2.24, 2.45) is 5.41 Å². The van der Waals surface area contributed by atoms with Gasteiger partial charge in [0.1, 0.15) is 6.67 Å². The summed E-state index contributed by atoms with van der Waals surface area (Å²) < 4.78 is 18.6. The minimum Gasteiger partial charge on any atom is -0.381 e. The molecule has 28 heavy (non-hydrogen) atoms. The Hall–Kier alpha value is -1.95. The first-order valence-electron chi connectivity index (χ1n) is 10.4. The number of imide groups is 1. The van der Waals surface area contributed by atoms with E-state index in [1.165, 1.54) is 5.56 Å². The molecule has 2 fully saturated rings. The Morgan fingerprint density at radius 1 is 1.29 bits per heavy atom. The number of carbonyl (C=O) groups excluding carboxylic acids is 2. The fourth-order valence-corrected chi connectivity index (χ4v) is 5.69. The van der Waals surface area contributed by atoms with E-state index in [2.05, 4.69) is 30.4 Å². The van der Waals surface area contributed by atoms with E-state index in [1.54, 1.807) is 7.11 Å². The molecule has 3 amide bonds. The molecule has 0 radical (unpaired) electrons. The summed E-state index contributed by atoms with van der Waals surface area (Å²) in [5.41, 5.74) is 1.79. The zero-order chi connectivity index (χ0) is 19.9. The summed E-state index contributed by atoms with van der Waals surface area (Å²) in [5, 5.41) is 3.06. The second kappa shape index (κ2) is 7.14. The number of carbonyl (C=O) groups is 2. The molecule has 4 rings (SSSR count). The standard InChI is InChI=1S/C22H29FN2O3/c1-3-4-15-5-6-16-14-21(9-7-17(28-2)8-10-21)22(18(16)13-15)19(26)25(12-11-23)20(27)24-22/h5-6,13,17H,3-4,7-12,14H2,1-2H3,(H,24,27). The van der Waals surface area contributed by atoms with Crippen molar-refractivity contribution in [1.29, 1.82) is 0 Å². The van der Waals surface area contributed by atoms with Crippen LogP contribution in [0.5, 0.6) is 0 Å². The molecule has 2 spiro atoms. The summed E-state index contributed by atoms with van der Waals surface area (Å²) in [4.78, 5) is 27.4. The highest BCUT2D eigenvalue weighted by Crippen LogP contribution is 2.60. The first-order valence-corrected chi connectivity index (χ1v) is 10.4. The number of hydrogen-bond donors (Lipinski definition) is 1. The van der Waals surface area contributed by atoms with Crippen LogP contribution in [0.1, 0.15) is 55.7 Å². The van der Waals surface area contributed by atoms with Gasteiger partial charge in [0.15, 0.2) is 5.54 Å². The summed E-state index contributed by atoms with van der Waals surface area (Å²) in [6, 6.07) is 5.89. The monoisotopic (exact) mass is 388 g/mol. The van der Waals surface area contributed by atoms with Gasteiger partial charge in [0.2, 0.25) is 0 Å². The zero-order valence-electron chi connectivity index (χ0n) is 16.7. The van der Waals surface area contributed by atoms with Gasteiger partial charge in [0.05, 0.1) is 12.6 Å². The van der Waals surface area contributed by atoms with Crippen molar-refractivity contribution >= 4 is 11.9 Å². The van der Waals surface area contributed by atoms with E-state index in [0.29, 0.717) is 0 Å². The predicted octanol–water partition coefficient (Wildman–Crippen LogP) is 3.49. The molecule has 5 nitrogen and oxygen atoms in total. The first-order chi connectivity index (χ1) is 13.5.